The van der Waals surface area contributed by atoms with Gasteiger partial charge in [0.15, 0.2) is 13.2 Å². The number of aryl methyl sites for hydroxylation is 1. The van der Waals surface area contributed by atoms with E-state index < -0.39 is 18.5 Å². The van der Waals surface area contributed by atoms with Crippen molar-refractivity contribution in [2.75, 3.05) is 18.5 Å². The average Bonchev–Trinajstić information content (AvgIpc) is 2.67. The largest absolute Gasteiger partial charge is 0.482 e. The molecule has 1 N–H and O–H groups in total. The lowest BCUT2D eigenvalue weighted by atomic mass is 10.1. The summed E-state index contributed by atoms with van der Waals surface area (Å²) < 4.78 is 10.2. The maximum absolute atomic E-state index is 11.8. The first-order valence-corrected chi connectivity index (χ1v) is 8.24. The number of nitrogens with one attached hydrogen (secondary N) is 1. The van der Waals surface area contributed by atoms with E-state index >= 15 is 0 Å². The van der Waals surface area contributed by atoms with Gasteiger partial charge in [0.05, 0.1) is 12.5 Å². The third kappa shape index (κ3) is 6.29. The highest BCUT2D eigenvalue weighted by Gasteiger charge is 2.09. The van der Waals surface area contributed by atoms with Crippen molar-refractivity contribution in [1.82, 2.24) is 0 Å². The fourth-order valence-corrected chi connectivity index (χ4v) is 2.15. The van der Waals surface area contributed by atoms with Crippen molar-refractivity contribution in [1.29, 1.82) is 5.26 Å². The van der Waals surface area contributed by atoms with E-state index in [0.29, 0.717) is 17.9 Å². The molecule has 0 saturated heterocycles. The smallest absolute Gasteiger partial charge is 0.344 e. The van der Waals surface area contributed by atoms with Crippen molar-refractivity contribution in [2.45, 2.75) is 19.8 Å². The van der Waals surface area contributed by atoms with Crippen LogP contribution < -0.4 is 10.1 Å². The molecule has 2 rings (SSSR count). The Hall–Kier alpha value is -3.33. The Kier molecular flexibility index (Phi) is 7.19. The maximum atomic E-state index is 11.8. The van der Waals surface area contributed by atoms with E-state index in [1.54, 1.807) is 36.4 Å². The molecule has 6 nitrogen and oxygen atoms in total. The number of anilines is 1. The Balaban J connectivity index is 1.70. The van der Waals surface area contributed by atoms with Crippen LogP contribution in [0.5, 0.6) is 5.75 Å². The van der Waals surface area contributed by atoms with Gasteiger partial charge in [0.2, 0.25) is 0 Å². The maximum Gasteiger partial charge on any atom is 0.344 e. The summed E-state index contributed by atoms with van der Waals surface area (Å²) in [4.78, 5) is 23.4. The lowest BCUT2D eigenvalue weighted by molar-refractivity contribution is -0.149. The third-order valence-corrected chi connectivity index (χ3v) is 3.57. The number of benzene rings is 2. The molecule has 0 aliphatic carbocycles. The minimum absolute atomic E-state index is 0.262. The number of esters is 1. The summed E-state index contributed by atoms with van der Waals surface area (Å²) in [6.07, 6.45) is 1.24. The summed E-state index contributed by atoms with van der Waals surface area (Å²) in [6, 6.07) is 16.4. The zero-order valence-corrected chi connectivity index (χ0v) is 14.5. The van der Waals surface area contributed by atoms with E-state index in [0.717, 1.165) is 12.0 Å². The molecule has 0 bridgehead atoms. The minimum Gasteiger partial charge on any atom is -0.482 e. The van der Waals surface area contributed by atoms with Crippen molar-refractivity contribution >= 4 is 17.6 Å². The lowest BCUT2D eigenvalue weighted by Gasteiger charge is -2.08. The van der Waals surface area contributed by atoms with Crippen molar-refractivity contribution in [3.05, 3.63) is 59.7 Å². The molecule has 134 valence electrons. The van der Waals surface area contributed by atoms with Crippen molar-refractivity contribution < 1.29 is 19.1 Å². The second kappa shape index (κ2) is 9.84. The summed E-state index contributed by atoms with van der Waals surface area (Å²) in [7, 11) is 0. The summed E-state index contributed by atoms with van der Waals surface area (Å²) in [5.41, 5.74) is 2.61. The van der Waals surface area contributed by atoms with E-state index in [2.05, 4.69) is 12.2 Å². The first kappa shape index (κ1) is 19.0. The molecule has 0 radical (unpaired) electrons. The average molecular weight is 352 g/mol. The zero-order valence-electron chi connectivity index (χ0n) is 14.5. The minimum atomic E-state index is -0.621. The van der Waals surface area contributed by atoms with Crippen LogP contribution in [0.2, 0.25) is 0 Å². The summed E-state index contributed by atoms with van der Waals surface area (Å²) in [6.45, 7) is 1.40. The van der Waals surface area contributed by atoms with Gasteiger partial charge in [0.25, 0.3) is 5.91 Å². The summed E-state index contributed by atoms with van der Waals surface area (Å²) in [5.74, 6) is -0.496. The molecule has 0 unspecified atom stereocenters. The van der Waals surface area contributed by atoms with Gasteiger partial charge in [-0.05, 0) is 41.8 Å². The van der Waals surface area contributed by atoms with E-state index in [9.17, 15) is 9.59 Å². The number of ether oxygens (including phenoxy) is 2. The van der Waals surface area contributed by atoms with Crippen LogP contribution >= 0.6 is 0 Å². The molecule has 2 aromatic rings. The SMILES string of the molecule is CCc1ccc(OCC(=O)OCC(=O)Nc2ccc(CC#N)cc2)cc1. The molecule has 0 aliphatic rings. The van der Waals surface area contributed by atoms with E-state index in [1.807, 2.05) is 18.2 Å². The van der Waals surface area contributed by atoms with Gasteiger partial charge in [-0.3, -0.25) is 4.79 Å². The number of carbonyl (C=O) groups excluding carboxylic acids is 2. The Bertz CT molecular complexity index is 777. The van der Waals surface area contributed by atoms with Gasteiger partial charge < -0.3 is 14.8 Å². The van der Waals surface area contributed by atoms with Gasteiger partial charge >= 0.3 is 5.97 Å². The number of carbonyl (C=O) groups is 2. The van der Waals surface area contributed by atoms with Crippen LogP contribution in [-0.2, 0) is 27.2 Å². The summed E-state index contributed by atoms with van der Waals surface area (Å²) in [5, 5.41) is 11.2. The van der Waals surface area contributed by atoms with Crippen LogP contribution in [0.4, 0.5) is 5.69 Å². The molecule has 0 aromatic heterocycles. The van der Waals surface area contributed by atoms with Gasteiger partial charge in [-0.2, -0.15) is 5.26 Å². The van der Waals surface area contributed by atoms with Crippen LogP contribution in [0.25, 0.3) is 0 Å². The Morgan fingerprint density at radius 1 is 1.00 bits per heavy atom. The molecule has 2 aromatic carbocycles. The molecule has 0 spiro atoms. The number of nitrogens with zero attached hydrogens (tertiary/aromatic N) is 1. The topological polar surface area (TPSA) is 88.4 Å². The Labute approximate surface area is 152 Å². The standard InChI is InChI=1S/C20H20N2O4/c1-2-15-5-9-18(10-6-15)25-14-20(24)26-13-19(23)22-17-7-3-16(4-8-17)11-12-21/h3-10H,2,11,13-14H2,1H3,(H,22,23). The number of amides is 1. The van der Waals surface area contributed by atoms with Gasteiger partial charge in [0.1, 0.15) is 5.75 Å². The monoisotopic (exact) mass is 352 g/mol. The molecule has 26 heavy (non-hydrogen) atoms. The molecule has 1 amide bonds. The van der Waals surface area contributed by atoms with E-state index in [-0.39, 0.29) is 6.61 Å². The summed E-state index contributed by atoms with van der Waals surface area (Å²) >= 11 is 0. The predicted molar refractivity (Wildman–Crippen MR) is 96.7 cm³/mol. The quantitative estimate of drug-likeness (QED) is 0.738. The Morgan fingerprint density at radius 3 is 2.27 bits per heavy atom. The van der Waals surface area contributed by atoms with Crippen LogP contribution in [0.1, 0.15) is 18.1 Å². The fourth-order valence-electron chi connectivity index (χ4n) is 2.15. The van der Waals surface area contributed by atoms with Crippen LogP contribution in [-0.4, -0.2) is 25.1 Å². The van der Waals surface area contributed by atoms with E-state index in [1.165, 1.54) is 5.56 Å². The Morgan fingerprint density at radius 2 is 1.65 bits per heavy atom. The molecule has 0 saturated carbocycles. The highest BCUT2D eigenvalue weighted by Crippen LogP contribution is 2.12. The van der Waals surface area contributed by atoms with Crippen molar-refractivity contribution in [3.8, 4) is 11.8 Å². The van der Waals surface area contributed by atoms with Crippen molar-refractivity contribution in [2.24, 2.45) is 0 Å². The van der Waals surface area contributed by atoms with Gasteiger partial charge in [-0.15, -0.1) is 0 Å². The zero-order chi connectivity index (χ0) is 18.8. The van der Waals surface area contributed by atoms with E-state index in [4.69, 9.17) is 14.7 Å². The predicted octanol–water partition coefficient (Wildman–Crippen LogP) is 2.88. The number of hydrogen-bond acceptors (Lipinski definition) is 5. The first-order chi connectivity index (χ1) is 12.6. The molecule has 0 fully saturated rings. The second-order valence-corrected chi connectivity index (χ2v) is 5.53. The molecule has 0 aliphatic heterocycles. The van der Waals surface area contributed by atoms with Crippen molar-refractivity contribution in [3.63, 3.8) is 0 Å². The number of rotatable bonds is 8. The highest BCUT2D eigenvalue weighted by atomic mass is 16.6. The second-order valence-electron chi connectivity index (χ2n) is 5.53. The van der Waals surface area contributed by atoms with Crippen LogP contribution in [0.3, 0.4) is 0 Å². The van der Waals surface area contributed by atoms with Crippen LogP contribution in [0.15, 0.2) is 48.5 Å². The normalized spacial score (nSPS) is 9.85. The van der Waals surface area contributed by atoms with Gasteiger partial charge in [-0.1, -0.05) is 31.2 Å². The van der Waals surface area contributed by atoms with Gasteiger partial charge in [-0.25, -0.2) is 4.79 Å². The third-order valence-electron chi connectivity index (χ3n) is 3.57. The fraction of sp³-hybridized carbons (Fsp3) is 0.250. The number of hydrogen-bond donors (Lipinski definition) is 1. The lowest BCUT2D eigenvalue weighted by Crippen LogP contribution is -2.23. The highest BCUT2D eigenvalue weighted by molar-refractivity contribution is 5.92. The molecular formula is C20H20N2O4. The van der Waals surface area contributed by atoms with Crippen LogP contribution in [0, 0.1) is 11.3 Å². The molecule has 6 heteroatoms. The first-order valence-electron chi connectivity index (χ1n) is 8.24. The number of nitriles is 1. The van der Waals surface area contributed by atoms with Gasteiger partial charge in [0, 0.05) is 5.69 Å². The molecular weight excluding hydrogens is 332 g/mol. The molecule has 0 heterocycles. The molecule has 0 atom stereocenters.